The number of hydrogen-bond donors (Lipinski definition) is 1. The molecule has 0 bridgehead atoms. The minimum absolute atomic E-state index is 0.534. The minimum atomic E-state index is 0.534. The summed E-state index contributed by atoms with van der Waals surface area (Å²) >= 11 is 0. The van der Waals surface area contributed by atoms with Crippen LogP contribution in [0.5, 0.6) is 11.5 Å². The van der Waals surface area contributed by atoms with Crippen LogP contribution in [0, 0.1) is 12.8 Å². The van der Waals surface area contributed by atoms with E-state index in [1.807, 2.05) is 25.1 Å². The zero-order valence-corrected chi connectivity index (χ0v) is 11.9. The smallest absolute Gasteiger partial charge is 0.125 e. The van der Waals surface area contributed by atoms with Gasteiger partial charge < -0.3 is 15.2 Å². The summed E-state index contributed by atoms with van der Waals surface area (Å²) in [5, 5.41) is 0. The molecule has 1 saturated carbocycles. The van der Waals surface area contributed by atoms with Crippen molar-refractivity contribution in [2.24, 2.45) is 11.7 Å². The van der Waals surface area contributed by atoms with Gasteiger partial charge in [0.15, 0.2) is 0 Å². The Kier molecular flexibility index (Phi) is 5.52. The molecule has 1 fully saturated rings. The van der Waals surface area contributed by atoms with Crippen molar-refractivity contribution in [2.45, 2.75) is 39.0 Å². The predicted molar refractivity (Wildman–Crippen MR) is 77.8 cm³/mol. The summed E-state index contributed by atoms with van der Waals surface area (Å²) in [6.07, 6.45) is 6.71. The van der Waals surface area contributed by atoms with Crippen LogP contribution >= 0.6 is 0 Å². The molecule has 1 aromatic carbocycles. The lowest BCUT2D eigenvalue weighted by molar-refractivity contribution is 0.206. The van der Waals surface area contributed by atoms with Crippen molar-refractivity contribution in [3.8, 4) is 11.5 Å². The maximum atomic E-state index is 5.99. The third-order valence-electron chi connectivity index (χ3n) is 3.81. The van der Waals surface area contributed by atoms with Crippen LogP contribution < -0.4 is 15.2 Å². The first-order valence-electron chi connectivity index (χ1n) is 7.36. The van der Waals surface area contributed by atoms with Crippen LogP contribution in [0.2, 0.25) is 0 Å². The van der Waals surface area contributed by atoms with Crippen LogP contribution in [0.4, 0.5) is 0 Å². The molecule has 19 heavy (non-hydrogen) atoms. The normalized spacial score (nSPS) is 16.3. The van der Waals surface area contributed by atoms with E-state index >= 15 is 0 Å². The van der Waals surface area contributed by atoms with E-state index in [-0.39, 0.29) is 0 Å². The Balaban J connectivity index is 1.91. The highest BCUT2D eigenvalue weighted by Gasteiger charge is 2.15. The van der Waals surface area contributed by atoms with Gasteiger partial charge in [-0.05, 0) is 37.8 Å². The molecule has 0 aromatic heterocycles. The standard InChI is InChI=1S/C16H25NO2/c1-13-15(18-11-10-17)8-5-9-16(13)19-12-14-6-3-2-4-7-14/h5,8-9,14H,2-4,6-7,10-12,17H2,1H3. The lowest BCUT2D eigenvalue weighted by atomic mass is 9.90. The maximum Gasteiger partial charge on any atom is 0.125 e. The van der Waals surface area contributed by atoms with Crippen LogP contribution in [0.25, 0.3) is 0 Å². The first-order chi connectivity index (χ1) is 9.31. The van der Waals surface area contributed by atoms with E-state index in [1.165, 1.54) is 32.1 Å². The molecular weight excluding hydrogens is 238 g/mol. The van der Waals surface area contributed by atoms with E-state index in [0.717, 1.165) is 29.6 Å². The molecule has 2 N–H and O–H groups in total. The molecule has 0 saturated heterocycles. The van der Waals surface area contributed by atoms with Crippen molar-refractivity contribution in [3.63, 3.8) is 0 Å². The van der Waals surface area contributed by atoms with Gasteiger partial charge in [-0.25, -0.2) is 0 Å². The third kappa shape index (κ3) is 4.13. The molecule has 2 rings (SSSR count). The van der Waals surface area contributed by atoms with Crippen molar-refractivity contribution in [1.82, 2.24) is 0 Å². The lowest BCUT2D eigenvalue weighted by Crippen LogP contribution is -2.16. The molecule has 1 aromatic rings. The fourth-order valence-corrected chi connectivity index (χ4v) is 2.64. The Morgan fingerprint density at radius 2 is 1.79 bits per heavy atom. The summed E-state index contributed by atoms with van der Waals surface area (Å²) in [4.78, 5) is 0. The SMILES string of the molecule is Cc1c(OCCN)cccc1OCC1CCCCC1. The lowest BCUT2D eigenvalue weighted by Gasteiger charge is -2.22. The van der Waals surface area contributed by atoms with Crippen molar-refractivity contribution < 1.29 is 9.47 Å². The second kappa shape index (κ2) is 7.39. The average molecular weight is 263 g/mol. The van der Waals surface area contributed by atoms with Crippen molar-refractivity contribution in [2.75, 3.05) is 19.8 Å². The van der Waals surface area contributed by atoms with Crippen molar-refractivity contribution >= 4 is 0 Å². The predicted octanol–water partition coefficient (Wildman–Crippen LogP) is 3.29. The molecular formula is C16H25NO2. The van der Waals surface area contributed by atoms with Gasteiger partial charge in [-0.15, -0.1) is 0 Å². The van der Waals surface area contributed by atoms with Gasteiger partial charge in [0, 0.05) is 12.1 Å². The van der Waals surface area contributed by atoms with Crippen LogP contribution in [0.3, 0.4) is 0 Å². The van der Waals surface area contributed by atoms with Gasteiger partial charge in [0.25, 0.3) is 0 Å². The van der Waals surface area contributed by atoms with Gasteiger partial charge in [-0.3, -0.25) is 0 Å². The van der Waals surface area contributed by atoms with Gasteiger partial charge in [-0.2, -0.15) is 0 Å². The molecule has 106 valence electrons. The number of hydrogen-bond acceptors (Lipinski definition) is 3. The highest BCUT2D eigenvalue weighted by molar-refractivity contribution is 5.43. The molecule has 0 spiro atoms. The van der Waals surface area contributed by atoms with E-state index in [0.29, 0.717) is 13.2 Å². The Morgan fingerprint density at radius 1 is 1.11 bits per heavy atom. The van der Waals surface area contributed by atoms with Gasteiger partial charge in [0.05, 0.1) is 6.61 Å². The molecule has 0 atom stereocenters. The Bertz CT molecular complexity index is 386. The molecule has 1 aliphatic carbocycles. The third-order valence-corrected chi connectivity index (χ3v) is 3.81. The number of ether oxygens (including phenoxy) is 2. The molecule has 0 heterocycles. The average Bonchev–Trinajstić information content (AvgIpc) is 2.46. The van der Waals surface area contributed by atoms with E-state index in [9.17, 15) is 0 Å². The maximum absolute atomic E-state index is 5.99. The van der Waals surface area contributed by atoms with Gasteiger partial charge in [0.1, 0.15) is 18.1 Å². The number of rotatable bonds is 6. The Morgan fingerprint density at radius 3 is 2.47 bits per heavy atom. The fraction of sp³-hybridized carbons (Fsp3) is 0.625. The topological polar surface area (TPSA) is 44.5 Å². The summed E-state index contributed by atoms with van der Waals surface area (Å²) < 4.78 is 11.6. The summed E-state index contributed by atoms with van der Waals surface area (Å²) in [5.74, 6) is 2.55. The summed E-state index contributed by atoms with van der Waals surface area (Å²) in [7, 11) is 0. The van der Waals surface area contributed by atoms with Crippen molar-refractivity contribution in [1.29, 1.82) is 0 Å². The van der Waals surface area contributed by atoms with Gasteiger partial charge in [0.2, 0.25) is 0 Å². The quantitative estimate of drug-likeness (QED) is 0.856. The zero-order chi connectivity index (χ0) is 13.5. The second-order valence-corrected chi connectivity index (χ2v) is 5.33. The van der Waals surface area contributed by atoms with Crippen LogP contribution in [-0.2, 0) is 0 Å². The molecule has 3 nitrogen and oxygen atoms in total. The number of benzene rings is 1. The monoisotopic (exact) mass is 263 g/mol. The molecule has 0 aliphatic heterocycles. The molecule has 0 radical (unpaired) electrons. The van der Waals surface area contributed by atoms with E-state index in [1.54, 1.807) is 0 Å². The molecule has 0 amide bonds. The molecule has 0 unspecified atom stereocenters. The van der Waals surface area contributed by atoms with Gasteiger partial charge in [-0.1, -0.05) is 25.3 Å². The van der Waals surface area contributed by atoms with Crippen LogP contribution in [0.15, 0.2) is 18.2 Å². The Hall–Kier alpha value is -1.22. The van der Waals surface area contributed by atoms with Crippen LogP contribution in [0.1, 0.15) is 37.7 Å². The minimum Gasteiger partial charge on any atom is -0.493 e. The molecule has 1 aliphatic rings. The number of nitrogens with two attached hydrogens (primary N) is 1. The first kappa shape index (κ1) is 14.2. The van der Waals surface area contributed by atoms with Crippen molar-refractivity contribution in [3.05, 3.63) is 23.8 Å². The molecule has 3 heteroatoms. The highest BCUT2D eigenvalue weighted by Crippen LogP contribution is 2.29. The summed E-state index contributed by atoms with van der Waals surface area (Å²) in [5.41, 5.74) is 6.54. The van der Waals surface area contributed by atoms with Gasteiger partial charge >= 0.3 is 0 Å². The summed E-state index contributed by atoms with van der Waals surface area (Å²) in [6.45, 7) is 3.96. The van der Waals surface area contributed by atoms with E-state index in [4.69, 9.17) is 15.2 Å². The van der Waals surface area contributed by atoms with Crippen LogP contribution in [-0.4, -0.2) is 19.8 Å². The second-order valence-electron chi connectivity index (χ2n) is 5.33. The van der Waals surface area contributed by atoms with E-state index < -0.39 is 0 Å². The summed E-state index contributed by atoms with van der Waals surface area (Å²) in [6, 6.07) is 5.97. The highest BCUT2D eigenvalue weighted by atomic mass is 16.5. The fourth-order valence-electron chi connectivity index (χ4n) is 2.64. The zero-order valence-electron chi connectivity index (χ0n) is 11.9. The first-order valence-corrected chi connectivity index (χ1v) is 7.36. The largest absolute Gasteiger partial charge is 0.493 e. The van der Waals surface area contributed by atoms with E-state index in [2.05, 4.69) is 0 Å². The Labute approximate surface area is 116 Å².